The Kier molecular flexibility index (Phi) is 5.26. The van der Waals surface area contributed by atoms with E-state index < -0.39 is 4.92 Å². The summed E-state index contributed by atoms with van der Waals surface area (Å²) in [6.07, 6.45) is 3.76. The topological polar surface area (TPSA) is 96.2 Å². The predicted octanol–water partition coefficient (Wildman–Crippen LogP) is 1.57. The monoisotopic (exact) mass is 294 g/mol. The fourth-order valence-electron chi connectivity index (χ4n) is 2.50. The van der Waals surface area contributed by atoms with Gasteiger partial charge in [-0.2, -0.15) is 4.98 Å². The van der Waals surface area contributed by atoms with E-state index in [-0.39, 0.29) is 11.5 Å². The summed E-state index contributed by atoms with van der Waals surface area (Å²) in [7, 11) is 1.68. The molecule has 1 fully saturated rings. The molecule has 1 unspecified atom stereocenters. The molecule has 2 heterocycles. The average molecular weight is 294 g/mol. The van der Waals surface area contributed by atoms with E-state index in [0.29, 0.717) is 18.4 Å². The number of hydrogen-bond donors (Lipinski definition) is 2. The number of anilines is 2. The molecule has 0 aliphatic carbocycles. The van der Waals surface area contributed by atoms with E-state index in [2.05, 4.69) is 32.4 Å². The molecule has 0 radical (unpaired) electrons. The zero-order valence-electron chi connectivity index (χ0n) is 12.5. The van der Waals surface area contributed by atoms with Gasteiger partial charge in [0.1, 0.15) is 6.20 Å². The molecule has 2 N–H and O–H groups in total. The van der Waals surface area contributed by atoms with Crippen LogP contribution in [0, 0.1) is 16.0 Å². The van der Waals surface area contributed by atoms with Gasteiger partial charge in [-0.05, 0) is 31.8 Å². The summed E-state index contributed by atoms with van der Waals surface area (Å²) >= 11 is 0. The summed E-state index contributed by atoms with van der Waals surface area (Å²) in [5.74, 6) is 1.04. The second kappa shape index (κ2) is 7.16. The first-order chi connectivity index (χ1) is 10.1. The zero-order valence-corrected chi connectivity index (χ0v) is 12.5. The van der Waals surface area contributed by atoms with Crippen molar-refractivity contribution in [3.63, 3.8) is 0 Å². The fraction of sp³-hybridized carbons (Fsp3) is 0.692. The molecule has 0 saturated carbocycles. The van der Waals surface area contributed by atoms with Crippen molar-refractivity contribution in [3.05, 3.63) is 16.3 Å². The highest BCUT2D eigenvalue weighted by molar-refractivity contribution is 5.56. The Bertz CT molecular complexity index is 490. The standard InChI is InChI=1S/C13H22N6O2/c1-10(9-18-5-3-4-6-18)7-15-12-11(19(20)21)8-16-13(14-2)17-12/h8,10H,3-7,9H2,1-2H3,(H2,14,15,16,17). The van der Waals surface area contributed by atoms with Gasteiger partial charge in [0, 0.05) is 20.1 Å². The van der Waals surface area contributed by atoms with Crippen LogP contribution in [0.2, 0.25) is 0 Å². The number of likely N-dealkylation sites (tertiary alicyclic amines) is 1. The van der Waals surface area contributed by atoms with Gasteiger partial charge < -0.3 is 15.5 Å². The Labute approximate surface area is 124 Å². The third kappa shape index (κ3) is 4.25. The van der Waals surface area contributed by atoms with Crippen LogP contribution in [-0.2, 0) is 0 Å². The number of nitro groups is 1. The number of nitrogens with zero attached hydrogens (tertiary/aromatic N) is 4. The largest absolute Gasteiger partial charge is 0.364 e. The lowest BCUT2D eigenvalue weighted by atomic mass is 10.1. The minimum atomic E-state index is -0.465. The number of aromatic nitrogens is 2. The summed E-state index contributed by atoms with van der Waals surface area (Å²) in [5.41, 5.74) is -0.0950. The first-order valence-electron chi connectivity index (χ1n) is 7.25. The highest BCUT2D eigenvalue weighted by atomic mass is 16.6. The normalized spacial score (nSPS) is 16.7. The molecular formula is C13H22N6O2. The molecule has 0 amide bonds. The van der Waals surface area contributed by atoms with E-state index in [1.807, 2.05) is 0 Å². The third-order valence-corrected chi connectivity index (χ3v) is 3.58. The van der Waals surface area contributed by atoms with E-state index >= 15 is 0 Å². The SMILES string of the molecule is CNc1ncc([N+](=O)[O-])c(NCC(C)CN2CCCC2)n1. The summed E-state index contributed by atoms with van der Waals surface area (Å²) in [6.45, 7) is 6.10. The van der Waals surface area contributed by atoms with Crippen LogP contribution in [0.3, 0.4) is 0 Å². The summed E-state index contributed by atoms with van der Waals surface area (Å²) in [4.78, 5) is 21.0. The Morgan fingerprint density at radius 2 is 2.19 bits per heavy atom. The highest BCUT2D eigenvalue weighted by Gasteiger charge is 2.19. The van der Waals surface area contributed by atoms with Gasteiger partial charge in [-0.3, -0.25) is 10.1 Å². The maximum Gasteiger partial charge on any atom is 0.329 e. The predicted molar refractivity (Wildman–Crippen MR) is 81.6 cm³/mol. The molecule has 1 aliphatic heterocycles. The van der Waals surface area contributed by atoms with Gasteiger partial charge in [-0.25, -0.2) is 4.98 Å². The molecule has 1 aromatic heterocycles. The van der Waals surface area contributed by atoms with Gasteiger partial charge >= 0.3 is 5.69 Å². The lowest BCUT2D eigenvalue weighted by Crippen LogP contribution is -2.29. The fourth-order valence-corrected chi connectivity index (χ4v) is 2.50. The minimum Gasteiger partial charge on any atom is -0.364 e. The number of rotatable bonds is 7. The summed E-state index contributed by atoms with van der Waals surface area (Å²) < 4.78 is 0. The van der Waals surface area contributed by atoms with Crippen LogP contribution < -0.4 is 10.6 Å². The lowest BCUT2D eigenvalue weighted by Gasteiger charge is -2.20. The Morgan fingerprint density at radius 3 is 2.81 bits per heavy atom. The Morgan fingerprint density at radius 1 is 1.48 bits per heavy atom. The van der Waals surface area contributed by atoms with Crippen molar-refractivity contribution in [2.75, 3.05) is 43.9 Å². The Hall–Kier alpha value is -1.96. The van der Waals surface area contributed by atoms with Crippen LogP contribution in [-0.4, -0.2) is 53.0 Å². The average Bonchev–Trinajstić information content (AvgIpc) is 2.97. The van der Waals surface area contributed by atoms with Gasteiger partial charge in [-0.1, -0.05) is 6.92 Å². The van der Waals surface area contributed by atoms with Gasteiger partial charge in [-0.15, -0.1) is 0 Å². The van der Waals surface area contributed by atoms with Crippen molar-refractivity contribution < 1.29 is 4.92 Å². The van der Waals surface area contributed by atoms with Crippen molar-refractivity contribution in [3.8, 4) is 0 Å². The van der Waals surface area contributed by atoms with Crippen molar-refractivity contribution in [2.45, 2.75) is 19.8 Å². The molecule has 0 spiro atoms. The molecule has 1 atom stereocenters. The number of nitrogens with one attached hydrogen (secondary N) is 2. The quantitative estimate of drug-likeness (QED) is 0.582. The van der Waals surface area contributed by atoms with Crippen molar-refractivity contribution in [1.29, 1.82) is 0 Å². The molecule has 116 valence electrons. The van der Waals surface area contributed by atoms with Gasteiger partial charge in [0.15, 0.2) is 0 Å². The van der Waals surface area contributed by atoms with Crippen LogP contribution in [0.25, 0.3) is 0 Å². The molecule has 2 rings (SSSR count). The van der Waals surface area contributed by atoms with Crippen molar-refractivity contribution in [1.82, 2.24) is 14.9 Å². The molecule has 1 saturated heterocycles. The zero-order chi connectivity index (χ0) is 15.2. The van der Waals surface area contributed by atoms with E-state index in [0.717, 1.165) is 19.6 Å². The van der Waals surface area contributed by atoms with Crippen LogP contribution >= 0.6 is 0 Å². The molecular weight excluding hydrogens is 272 g/mol. The third-order valence-electron chi connectivity index (χ3n) is 3.58. The van der Waals surface area contributed by atoms with Gasteiger partial charge in [0.2, 0.25) is 11.8 Å². The van der Waals surface area contributed by atoms with Crippen LogP contribution in [0.5, 0.6) is 0 Å². The van der Waals surface area contributed by atoms with Crippen molar-refractivity contribution in [2.24, 2.45) is 5.92 Å². The molecule has 8 heteroatoms. The smallest absolute Gasteiger partial charge is 0.329 e. The van der Waals surface area contributed by atoms with E-state index in [1.54, 1.807) is 7.05 Å². The van der Waals surface area contributed by atoms with Crippen LogP contribution in [0.4, 0.5) is 17.5 Å². The molecule has 1 aromatic rings. The first-order valence-corrected chi connectivity index (χ1v) is 7.25. The molecule has 0 bridgehead atoms. The van der Waals surface area contributed by atoms with E-state index in [1.165, 1.54) is 19.0 Å². The maximum atomic E-state index is 11.0. The second-order valence-electron chi connectivity index (χ2n) is 5.43. The first kappa shape index (κ1) is 15.4. The number of hydrogen-bond acceptors (Lipinski definition) is 7. The highest BCUT2D eigenvalue weighted by Crippen LogP contribution is 2.22. The van der Waals surface area contributed by atoms with Gasteiger partial charge in [0.05, 0.1) is 4.92 Å². The molecule has 1 aliphatic rings. The van der Waals surface area contributed by atoms with E-state index in [4.69, 9.17) is 0 Å². The lowest BCUT2D eigenvalue weighted by molar-refractivity contribution is -0.384. The Balaban J connectivity index is 1.95. The van der Waals surface area contributed by atoms with Crippen LogP contribution in [0.1, 0.15) is 19.8 Å². The van der Waals surface area contributed by atoms with Gasteiger partial charge in [0.25, 0.3) is 0 Å². The maximum absolute atomic E-state index is 11.0. The summed E-state index contributed by atoms with van der Waals surface area (Å²) in [5, 5.41) is 16.9. The molecule has 21 heavy (non-hydrogen) atoms. The van der Waals surface area contributed by atoms with E-state index in [9.17, 15) is 10.1 Å². The minimum absolute atomic E-state index is 0.0950. The van der Waals surface area contributed by atoms with Crippen LogP contribution in [0.15, 0.2) is 6.20 Å². The molecule has 8 nitrogen and oxygen atoms in total. The second-order valence-corrected chi connectivity index (χ2v) is 5.43. The molecule has 0 aromatic carbocycles. The summed E-state index contributed by atoms with van der Waals surface area (Å²) in [6, 6.07) is 0. The van der Waals surface area contributed by atoms with Crippen molar-refractivity contribution >= 4 is 17.5 Å².